The van der Waals surface area contributed by atoms with E-state index in [1.807, 2.05) is 6.07 Å². The first-order valence-corrected chi connectivity index (χ1v) is 8.82. The molecule has 24 heavy (non-hydrogen) atoms. The Balaban J connectivity index is 1.44. The molecule has 2 aliphatic heterocycles. The molecule has 1 aromatic carbocycles. The lowest BCUT2D eigenvalue weighted by atomic mass is 9.92. The Kier molecular flexibility index (Phi) is 5.35. The number of carbonyl (C=O) groups is 1. The molecular weight excluding hydrogens is 308 g/mol. The molecule has 2 aliphatic rings. The molecule has 0 radical (unpaired) electrons. The molecule has 0 aromatic heterocycles. The number of benzene rings is 1. The van der Waals surface area contributed by atoms with Crippen molar-refractivity contribution in [2.24, 2.45) is 0 Å². The van der Waals surface area contributed by atoms with Crippen LogP contribution in [0.2, 0.25) is 0 Å². The van der Waals surface area contributed by atoms with Gasteiger partial charge in [0.25, 0.3) is 0 Å². The number of rotatable bonds is 8. The van der Waals surface area contributed by atoms with Gasteiger partial charge in [0.2, 0.25) is 0 Å². The van der Waals surface area contributed by atoms with Crippen LogP contribution in [0.4, 0.5) is 0 Å². The summed E-state index contributed by atoms with van der Waals surface area (Å²) in [5, 5.41) is 20.5. The van der Waals surface area contributed by atoms with E-state index in [4.69, 9.17) is 9.47 Å². The molecule has 0 spiro atoms. The van der Waals surface area contributed by atoms with Gasteiger partial charge in [0.1, 0.15) is 12.2 Å². The second-order valence-electron chi connectivity index (χ2n) is 6.87. The minimum atomic E-state index is -1.30. The van der Waals surface area contributed by atoms with Crippen molar-refractivity contribution in [2.45, 2.75) is 68.5 Å². The molecule has 5 nitrogen and oxygen atoms in total. The standard InChI is InChI=1S/C19H26O5/c20-14-18-12-13-23-19(24-18,17(22)16(18)21)11-7-2-1-4-8-15-9-5-3-6-10-15/h3,5-6,9-10,14,16-17,21-22H,1-2,4,7-8,11-13H2/t16-,17-,18-,19+/m1/s1. The van der Waals surface area contributed by atoms with E-state index in [0.717, 1.165) is 32.1 Å². The third kappa shape index (κ3) is 3.26. The molecule has 0 amide bonds. The first-order chi connectivity index (χ1) is 11.6. The number of aldehydes is 1. The van der Waals surface area contributed by atoms with Crippen molar-refractivity contribution in [2.75, 3.05) is 6.61 Å². The van der Waals surface area contributed by atoms with Crippen LogP contribution in [0.5, 0.6) is 0 Å². The molecule has 2 N–H and O–H groups in total. The second kappa shape index (κ2) is 7.31. The fourth-order valence-electron chi connectivity index (χ4n) is 3.77. The van der Waals surface area contributed by atoms with Crippen LogP contribution in [0.1, 0.15) is 44.1 Å². The van der Waals surface area contributed by atoms with E-state index < -0.39 is 23.6 Å². The van der Waals surface area contributed by atoms with E-state index >= 15 is 0 Å². The predicted octanol–water partition coefficient (Wildman–Crippen LogP) is 1.99. The van der Waals surface area contributed by atoms with Crippen molar-refractivity contribution >= 4 is 6.29 Å². The Labute approximate surface area is 142 Å². The van der Waals surface area contributed by atoms with Crippen LogP contribution in [0, 0.1) is 0 Å². The van der Waals surface area contributed by atoms with Crippen molar-refractivity contribution in [1.82, 2.24) is 0 Å². The van der Waals surface area contributed by atoms with Crippen LogP contribution in [0.3, 0.4) is 0 Å². The molecule has 2 saturated heterocycles. The minimum absolute atomic E-state index is 0.285. The van der Waals surface area contributed by atoms with Crippen molar-refractivity contribution in [3.63, 3.8) is 0 Å². The normalized spacial score (nSPS) is 35.1. The molecule has 4 atom stereocenters. The van der Waals surface area contributed by atoms with Gasteiger partial charge in [0.05, 0.1) is 6.61 Å². The number of hydrogen-bond donors (Lipinski definition) is 2. The maximum atomic E-state index is 11.3. The number of carbonyl (C=O) groups excluding carboxylic acids is 1. The summed E-state index contributed by atoms with van der Waals surface area (Å²) in [5.41, 5.74) is 0.0467. The fraction of sp³-hybridized carbons (Fsp3) is 0.632. The molecule has 0 saturated carbocycles. The molecule has 0 aliphatic carbocycles. The predicted molar refractivity (Wildman–Crippen MR) is 88.4 cm³/mol. The average molecular weight is 334 g/mol. The van der Waals surface area contributed by atoms with Gasteiger partial charge in [0.15, 0.2) is 17.7 Å². The largest absolute Gasteiger partial charge is 0.387 e. The number of fused-ring (bicyclic) bond motifs is 2. The number of aliphatic hydroxyl groups is 2. The lowest BCUT2D eigenvalue weighted by Crippen LogP contribution is -2.48. The van der Waals surface area contributed by atoms with Gasteiger partial charge in [-0.05, 0) is 24.8 Å². The smallest absolute Gasteiger partial charge is 0.198 e. The highest BCUT2D eigenvalue weighted by Gasteiger charge is 2.65. The van der Waals surface area contributed by atoms with E-state index in [2.05, 4.69) is 24.3 Å². The third-order valence-corrected chi connectivity index (χ3v) is 5.24. The van der Waals surface area contributed by atoms with Gasteiger partial charge >= 0.3 is 0 Å². The summed E-state index contributed by atoms with van der Waals surface area (Å²) in [5.74, 6) is -1.22. The third-order valence-electron chi connectivity index (χ3n) is 5.24. The number of hydrogen-bond acceptors (Lipinski definition) is 5. The summed E-state index contributed by atoms with van der Waals surface area (Å²) >= 11 is 0. The Morgan fingerprint density at radius 2 is 1.83 bits per heavy atom. The van der Waals surface area contributed by atoms with E-state index in [0.29, 0.717) is 19.3 Å². The minimum Gasteiger partial charge on any atom is -0.387 e. The topological polar surface area (TPSA) is 76.0 Å². The lowest BCUT2D eigenvalue weighted by molar-refractivity contribution is -0.303. The summed E-state index contributed by atoms with van der Waals surface area (Å²) in [7, 11) is 0. The monoisotopic (exact) mass is 334 g/mol. The zero-order valence-electron chi connectivity index (χ0n) is 13.9. The van der Waals surface area contributed by atoms with Gasteiger partial charge in [-0.2, -0.15) is 0 Å². The fourth-order valence-corrected chi connectivity index (χ4v) is 3.77. The molecule has 132 valence electrons. The van der Waals surface area contributed by atoms with Crippen LogP contribution in [-0.4, -0.2) is 46.7 Å². The maximum Gasteiger partial charge on any atom is 0.198 e. The van der Waals surface area contributed by atoms with Crippen molar-refractivity contribution in [1.29, 1.82) is 0 Å². The molecule has 0 unspecified atom stereocenters. The van der Waals surface area contributed by atoms with Gasteiger partial charge in [-0.25, -0.2) is 0 Å². The molecule has 3 rings (SSSR count). The van der Waals surface area contributed by atoms with Crippen molar-refractivity contribution in [3.8, 4) is 0 Å². The van der Waals surface area contributed by atoms with Gasteiger partial charge in [-0.15, -0.1) is 0 Å². The molecule has 2 fully saturated rings. The summed E-state index contributed by atoms with van der Waals surface area (Å²) in [6.45, 7) is 0.320. The summed E-state index contributed by atoms with van der Waals surface area (Å²) in [6, 6.07) is 10.4. The highest BCUT2D eigenvalue weighted by molar-refractivity contribution is 5.65. The number of aryl methyl sites for hydroxylation is 1. The van der Waals surface area contributed by atoms with E-state index in [1.54, 1.807) is 0 Å². The van der Waals surface area contributed by atoms with Crippen LogP contribution < -0.4 is 0 Å². The van der Waals surface area contributed by atoms with Crippen molar-refractivity contribution in [3.05, 3.63) is 35.9 Å². The van der Waals surface area contributed by atoms with Crippen LogP contribution >= 0.6 is 0 Å². The average Bonchev–Trinajstić information content (AvgIpc) is 2.77. The first kappa shape index (κ1) is 17.5. The Hall–Kier alpha value is -1.27. The zero-order chi connectivity index (χ0) is 17.0. The van der Waals surface area contributed by atoms with Crippen LogP contribution in [0.15, 0.2) is 30.3 Å². The number of ether oxygens (including phenoxy) is 2. The molecule has 1 aromatic rings. The quantitative estimate of drug-likeness (QED) is 0.562. The van der Waals surface area contributed by atoms with Crippen LogP contribution in [-0.2, 0) is 20.7 Å². The second-order valence-corrected chi connectivity index (χ2v) is 6.87. The first-order valence-electron chi connectivity index (χ1n) is 8.82. The Morgan fingerprint density at radius 1 is 1.08 bits per heavy atom. The lowest BCUT2D eigenvalue weighted by Gasteiger charge is -2.37. The SMILES string of the molecule is O=C[C@@]12CCO[C@@](CCCCCCc3ccccc3)(O1)[C@H](O)[C@H]2O. The highest BCUT2D eigenvalue weighted by Crippen LogP contribution is 2.46. The zero-order valence-corrected chi connectivity index (χ0v) is 13.9. The maximum absolute atomic E-state index is 11.3. The molecular formula is C19H26O5. The highest BCUT2D eigenvalue weighted by atomic mass is 16.7. The van der Waals surface area contributed by atoms with Gasteiger partial charge in [0, 0.05) is 12.8 Å². The van der Waals surface area contributed by atoms with E-state index in [1.165, 1.54) is 5.56 Å². The summed E-state index contributed by atoms with van der Waals surface area (Å²) in [4.78, 5) is 11.3. The van der Waals surface area contributed by atoms with E-state index in [-0.39, 0.29) is 6.42 Å². The van der Waals surface area contributed by atoms with Crippen LogP contribution in [0.25, 0.3) is 0 Å². The van der Waals surface area contributed by atoms with Gasteiger partial charge in [-0.3, -0.25) is 0 Å². The van der Waals surface area contributed by atoms with Gasteiger partial charge in [-0.1, -0.05) is 43.2 Å². The molecule has 5 heteroatoms. The summed E-state index contributed by atoms with van der Waals surface area (Å²) < 4.78 is 11.4. The van der Waals surface area contributed by atoms with E-state index in [9.17, 15) is 15.0 Å². The summed E-state index contributed by atoms with van der Waals surface area (Å²) in [6.07, 6.45) is 4.10. The molecule has 2 heterocycles. The molecule has 2 bridgehead atoms. The van der Waals surface area contributed by atoms with Crippen molar-refractivity contribution < 1.29 is 24.5 Å². The Bertz CT molecular complexity index is 548. The number of unbranched alkanes of at least 4 members (excludes halogenated alkanes) is 3. The number of aliphatic hydroxyl groups excluding tert-OH is 2. The Morgan fingerprint density at radius 3 is 2.58 bits per heavy atom. The van der Waals surface area contributed by atoms with Gasteiger partial charge < -0.3 is 24.5 Å².